The van der Waals surface area contributed by atoms with Crippen LogP contribution in [0.1, 0.15) is 5.56 Å². The molecule has 0 bridgehead atoms. The summed E-state index contributed by atoms with van der Waals surface area (Å²) in [7, 11) is 0. The topological polar surface area (TPSA) is 13.0 Å². The SMILES string of the molecule is Cc1cc(N(c2ccccc2)c2ccc(-c3ccc(N(c4ccccc4)c4ccc(-c5ccc(-c6ccc(N(c7ccccc7)c7ccc(-c8ccc(N(c9ccccc9)c9ccc(-c%10ccccc%10)cc9)cc8)cc7)cc6)cc5)cc4)cc3)cc2)ccc1-c1ccccc1. The molecular formula is C91H68N4. The molecule has 0 aliphatic carbocycles. The molecule has 4 heteroatoms. The minimum Gasteiger partial charge on any atom is -0.311 e. The normalized spacial score (nSPS) is 11.0. The maximum absolute atomic E-state index is 2.33. The van der Waals surface area contributed by atoms with Crippen molar-refractivity contribution in [2.45, 2.75) is 6.92 Å². The first-order chi connectivity index (χ1) is 47.0. The average Bonchev–Trinajstić information content (AvgIpc) is 0.929. The molecule has 15 aromatic carbocycles. The highest BCUT2D eigenvalue weighted by Gasteiger charge is 2.19. The molecule has 0 aliphatic rings. The number of benzene rings is 15. The number of nitrogens with zero attached hydrogens (tertiary/aromatic N) is 4. The van der Waals surface area contributed by atoms with Crippen LogP contribution in [0, 0.1) is 6.92 Å². The smallest absolute Gasteiger partial charge is 0.0464 e. The summed E-state index contributed by atoms with van der Waals surface area (Å²) in [4.78, 5) is 9.30. The van der Waals surface area contributed by atoms with Crippen molar-refractivity contribution in [1.29, 1.82) is 0 Å². The highest BCUT2D eigenvalue weighted by molar-refractivity contribution is 5.86. The van der Waals surface area contributed by atoms with Gasteiger partial charge in [0.25, 0.3) is 0 Å². The Bertz CT molecular complexity index is 4960. The van der Waals surface area contributed by atoms with Gasteiger partial charge in [-0.05, 0) is 225 Å². The van der Waals surface area contributed by atoms with Gasteiger partial charge in [-0.25, -0.2) is 0 Å². The maximum atomic E-state index is 2.33. The van der Waals surface area contributed by atoms with Crippen molar-refractivity contribution in [2.24, 2.45) is 0 Å². The Morgan fingerprint density at radius 3 is 0.516 bits per heavy atom. The van der Waals surface area contributed by atoms with Crippen molar-refractivity contribution >= 4 is 68.2 Å². The molecule has 452 valence electrons. The van der Waals surface area contributed by atoms with Gasteiger partial charge in [0, 0.05) is 68.2 Å². The van der Waals surface area contributed by atoms with E-state index in [0.717, 1.165) is 113 Å². The van der Waals surface area contributed by atoms with Gasteiger partial charge in [0.2, 0.25) is 0 Å². The predicted molar refractivity (Wildman–Crippen MR) is 403 cm³/mol. The Morgan fingerprint density at radius 1 is 0.137 bits per heavy atom. The maximum Gasteiger partial charge on any atom is 0.0464 e. The number of aryl methyl sites for hydroxylation is 1. The molecule has 0 spiro atoms. The summed E-state index contributed by atoms with van der Waals surface area (Å²) in [5, 5.41) is 0. The van der Waals surface area contributed by atoms with Crippen LogP contribution in [0.5, 0.6) is 0 Å². The van der Waals surface area contributed by atoms with E-state index in [1.165, 1.54) is 27.8 Å². The molecule has 0 radical (unpaired) electrons. The third-order valence-corrected chi connectivity index (χ3v) is 17.8. The van der Waals surface area contributed by atoms with Crippen molar-refractivity contribution < 1.29 is 0 Å². The van der Waals surface area contributed by atoms with E-state index >= 15 is 0 Å². The third-order valence-electron chi connectivity index (χ3n) is 17.8. The van der Waals surface area contributed by atoms with E-state index in [2.05, 4.69) is 421 Å². The van der Waals surface area contributed by atoms with E-state index < -0.39 is 0 Å². The lowest BCUT2D eigenvalue weighted by Gasteiger charge is -2.27. The van der Waals surface area contributed by atoms with Crippen LogP contribution >= 0.6 is 0 Å². The van der Waals surface area contributed by atoms with Crippen molar-refractivity contribution in [2.75, 3.05) is 19.6 Å². The number of para-hydroxylation sites is 4. The first-order valence-corrected chi connectivity index (χ1v) is 32.5. The highest BCUT2D eigenvalue weighted by atomic mass is 15.2. The summed E-state index contributed by atoms with van der Waals surface area (Å²) < 4.78 is 0. The predicted octanol–water partition coefficient (Wildman–Crippen LogP) is 25.9. The lowest BCUT2D eigenvalue weighted by molar-refractivity contribution is 1.27. The molecule has 0 fully saturated rings. The zero-order chi connectivity index (χ0) is 63.7. The highest BCUT2D eigenvalue weighted by Crippen LogP contribution is 2.43. The molecule has 95 heavy (non-hydrogen) atoms. The molecule has 4 nitrogen and oxygen atoms in total. The minimum absolute atomic E-state index is 1.08. The average molecular weight is 1220 g/mol. The Labute approximate surface area is 558 Å². The fourth-order valence-corrected chi connectivity index (χ4v) is 12.9. The molecule has 0 saturated heterocycles. The van der Waals surface area contributed by atoms with Gasteiger partial charge in [0.1, 0.15) is 0 Å². The molecule has 0 N–H and O–H groups in total. The fourth-order valence-electron chi connectivity index (χ4n) is 12.9. The number of rotatable bonds is 18. The van der Waals surface area contributed by atoms with Crippen LogP contribution in [0.4, 0.5) is 68.2 Å². The number of hydrogen-bond donors (Lipinski definition) is 0. The summed E-state index contributed by atoms with van der Waals surface area (Å²) >= 11 is 0. The van der Waals surface area contributed by atoms with E-state index in [0.29, 0.717) is 0 Å². The van der Waals surface area contributed by atoms with Crippen LogP contribution < -0.4 is 19.6 Å². The van der Waals surface area contributed by atoms with Crippen LogP contribution in [-0.2, 0) is 0 Å². The zero-order valence-corrected chi connectivity index (χ0v) is 52.8. The van der Waals surface area contributed by atoms with Crippen LogP contribution in [0.2, 0.25) is 0 Å². The van der Waals surface area contributed by atoms with E-state index in [-0.39, 0.29) is 0 Å². The van der Waals surface area contributed by atoms with E-state index in [1.807, 2.05) is 0 Å². The zero-order valence-electron chi connectivity index (χ0n) is 52.8. The Morgan fingerprint density at radius 2 is 0.295 bits per heavy atom. The first kappa shape index (κ1) is 58.8. The van der Waals surface area contributed by atoms with E-state index in [9.17, 15) is 0 Å². The number of anilines is 12. The molecule has 0 atom stereocenters. The molecule has 15 aromatic rings. The van der Waals surface area contributed by atoms with Crippen molar-refractivity contribution in [3.8, 4) is 66.8 Å². The Balaban J connectivity index is 0.629. The lowest BCUT2D eigenvalue weighted by Crippen LogP contribution is -2.10. The molecule has 0 unspecified atom stereocenters. The summed E-state index contributed by atoms with van der Waals surface area (Å²) in [6.45, 7) is 2.20. The van der Waals surface area contributed by atoms with Crippen LogP contribution in [-0.4, -0.2) is 0 Å². The molecule has 0 aliphatic heterocycles. The van der Waals surface area contributed by atoms with Crippen molar-refractivity contribution in [3.05, 3.63) is 400 Å². The van der Waals surface area contributed by atoms with Gasteiger partial charge in [0.15, 0.2) is 0 Å². The standard InChI is InChI=1S/C91H68N4/c1-67-66-90(64-65-91(67)78-22-10-3-11-23-78)95(82-30-18-7-19-31-82)89-62-48-77(49-63-89)76-46-60-88(61-47-76)94(81-28-16-6-17-29-81)85-54-40-73(41-55-85)70-34-32-69(33-35-70)72-38-52-84(53-39-72)93(80-26-14-5-15-27-80)87-58-44-75(45-59-87)74-42-56-86(57-43-74)92(79-24-12-4-13-25-79)83-50-36-71(37-51-83)68-20-8-2-9-21-68/h2-66H,1H3. The van der Waals surface area contributed by atoms with Crippen LogP contribution in [0.15, 0.2) is 394 Å². The van der Waals surface area contributed by atoms with Crippen molar-refractivity contribution in [1.82, 2.24) is 0 Å². The Hall–Kier alpha value is -12.5. The minimum atomic E-state index is 1.08. The van der Waals surface area contributed by atoms with Crippen molar-refractivity contribution in [3.63, 3.8) is 0 Å². The second-order valence-corrected chi connectivity index (χ2v) is 23.8. The van der Waals surface area contributed by atoms with Crippen LogP contribution in [0.3, 0.4) is 0 Å². The van der Waals surface area contributed by atoms with Gasteiger partial charge >= 0.3 is 0 Å². The lowest BCUT2D eigenvalue weighted by atomic mass is 9.99. The second-order valence-electron chi connectivity index (χ2n) is 23.8. The second kappa shape index (κ2) is 27.1. The van der Waals surface area contributed by atoms with Gasteiger partial charge in [-0.3, -0.25) is 0 Å². The molecular weight excluding hydrogens is 1150 g/mol. The van der Waals surface area contributed by atoms with Crippen LogP contribution in [0.25, 0.3) is 66.8 Å². The van der Waals surface area contributed by atoms with Gasteiger partial charge < -0.3 is 19.6 Å². The van der Waals surface area contributed by atoms with Gasteiger partial charge in [-0.2, -0.15) is 0 Å². The van der Waals surface area contributed by atoms with Gasteiger partial charge in [-0.15, -0.1) is 0 Å². The van der Waals surface area contributed by atoms with Gasteiger partial charge in [0.05, 0.1) is 0 Å². The summed E-state index contributed by atoms with van der Waals surface area (Å²) in [5.41, 5.74) is 28.5. The monoisotopic (exact) mass is 1220 g/mol. The molecule has 0 heterocycles. The Kier molecular flexibility index (Phi) is 16.8. The molecule has 0 amide bonds. The fraction of sp³-hybridized carbons (Fsp3) is 0.0110. The van der Waals surface area contributed by atoms with Gasteiger partial charge in [-0.1, -0.05) is 249 Å². The molecule has 0 aromatic heterocycles. The van der Waals surface area contributed by atoms with E-state index in [1.54, 1.807) is 0 Å². The third kappa shape index (κ3) is 12.8. The largest absolute Gasteiger partial charge is 0.311 e. The quantitative estimate of drug-likeness (QED) is 0.0849. The molecule has 15 rings (SSSR count). The summed E-state index contributed by atoms with van der Waals surface area (Å²) in [6, 6.07) is 142. The first-order valence-electron chi connectivity index (χ1n) is 32.5. The summed E-state index contributed by atoms with van der Waals surface area (Å²) in [6.07, 6.45) is 0. The number of hydrogen-bond acceptors (Lipinski definition) is 4. The summed E-state index contributed by atoms with van der Waals surface area (Å²) in [5.74, 6) is 0. The molecule has 0 saturated carbocycles. The van der Waals surface area contributed by atoms with E-state index in [4.69, 9.17) is 0 Å².